The van der Waals surface area contributed by atoms with Crippen LogP contribution >= 0.6 is 11.6 Å². The molecule has 0 radical (unpaired) electrons. The third kappa shape index (κ3) is 2.39. The molecule has 3 heteroatoms. The van der Waals surface area contributed by atoms with E-state index in [1.54, 1.807) is 25.1 Å². The monoisotopic (exact) mass is 223 g/mol. The molecule has 0 spiro atoms. The maximum absolute atomic E-state index is 11.4. The van der Waals surface area contributed by atoms with E-state index in [9.17, 15) is 4.79 Å². The highest BCUT2D eigenvalue weighted by Gasteiger charge is 2.32. The summed E-state index contributed by atoms with van der Waals surface area (Å²) in [5, 5.41) is -0.382. The van der Waals surface area contributed by atoms with E-state index in [0.29, 0.717) is 12.1 Å². The van der Waals surface area contributed by atoms with Gasteiger partial charge in [0.2, 0.25) is 5.24 Å². The number of rotatable bonds is 4. The zero-order valence-electron chi connectivity index (χ0n) is 8.66. The maximum atomic E-state index is 11.4. The van der Waals surface area contributed by atoms with Gasteiger partial charge in [-0.25, -0.2) is 0 Å². The Morgan fingerprint density at radius 3 is 2.47 bits per heavy atom. The Kier molecular flexibility index (Phi) is 3.53. The lowest BCUT2D eigenvalue weighted by Crippen LogP contribution is -2.28. The van der Waals surface area contributed by atoms with Gasteiger partial charge in [-0.2, -0.15) is 0 Å². The highest BCUT2D eigenvalue weighted by Crippen LogP contribution is 2.31. The van der Waals surface area contributed by atoms with Crippen molar-refractivity contribution >= 4 is 22.5 Å². The van der Waals surface area contributed by atoms with Crippen molar-refractivity contribution in [2.45, 2.75) is 18.8 Å². The molecule has 80 valence electrons. The van der Waals surface area contributed by atoms with Crippen LogP contribution < -0.4 is 5.73 Å². The minimum atomic E-state index is -0.711. The van der Waals surface area contributed by atoms with Gasteiger partial charge < -0.3 is 5.73 Å². The normalized spacial score (nSPS) is 14.3. The summed E-state index contributed by atoms with van der Waals surface area (Å²) in [5.41, 5.74) is 6.40. The van der Waals surface area contributed by atoms with E-state index in [1.165, 1.54) is 0 Å². The first kappa shape index (κ1) is 11.8. The summed E-state index contributed by atoms with van der Waals surface area (Å²) < 4.78 is 0. The average Bonchev–Trinajstić information content (AvgIpc) is 2.18. The van der Waals surface area contributed by atoms with Gasteiger partial charge in [0.15, 0.2) is 0 Å². The number of carbonyl (C=O) groups is 1. The molecule has 0 aliphatic rings. The molecule has 2 N–H and O–H groups in total. The Labute approximate surface area is 94.7 Å². The molecule has 1 aromatic carbocycles. The van der Waals surface area contributed by atoms with Gasteiger partial charge in [-0.1, -0.05) is 18.2 Å². The topological polar surface area (TPSA) is 43.1 Å². The Hall–Kier alpha value is -1.28. The molecule has 0 amide bonds. The van der Waals surface area contributed by atoms with E-state index in [0.717, 1.165) is 5.56 Å². The lowest BCUT2D eigenvalue weighted by atomic mass is 9.81. The second-order valence-electron chi connectivity index (χ2n) is 3.72. The Morgan fingerprint density at radius 2 is 2.07 bits per heavy atom. The third-order valence-corrected chi connectivity index (χ3v) is 2.95. The van der Waals surface area contributed by atoms with Crippen molar-refractivity contribution in [1.82, 2.24) is 0 Å². The first-order valence-corrected chi connectivity index (χ1v) is 5.05. The molecular weight excluding hydrogens is 210 g/mol. The zero-order valence-corrected chi connectivity index (χ0v) is 9.42. The lowest BCUT2D eigenvalue weighted by molar-refractivity contribution is -0.116. The first-order chi connectivity index (χ1) is 7.00. The van der Waals surface area contributed by atoms with E-state index in [2.05, 4.69) is 6.58 Å². The Morgan fingerprint density at radius 1 is 1.53 bits per heavy atom. The minimum Gasteiger partial charge on any atom is -0.399 e. The van der Waals surface area contributed by atoms with Gasteiger partial charge in [-0.15, -0.1) is 6.58 Å². The van der Waals surface area contributed by atoms with Crippen LogP contribution in [0.2, 0.25) is 0 Å². The Bertz CT molecular complexity index is 372. The molecule has 0 bridgehead atoms. The van der Waals surface area contributed by atoms with Crippen LogP contribution in [0.25, 0.3) is 0 Å². The van der Waals surface area contributed by atoms with Crippen LogP contribution in [-0.2, 0) is 10.2 Å². The van der Waals surface area contributed by atoms with E-state index in [-0.39, 0.29) is 5.24 Å². The van der Waals surface area contributed by atoms with Gasteiger partial charge in [-0.3, -0.25) is 4.79 Å². The molecule has 15 heavy (non-hydrogen) atoms. The molecule has 1 atom stereocenters. The first-order valence-electron chi connectivity index (χ1n) is 4.67. The fourth-order valence-electron chi connectivity index (χ4n) is 1.45. The smallest absolute Gasteiger partial charge is 0.232 e. The molecule has 0 heterocycles. The highest BCUT2D eigenvalue weighted by molar-refractivity contribution is 6.65. The SMILES string of the molecule is C=CCC(C)(C(=O)Cl)c1ccc(N)cc1. The fourth-order valence-corrected chi connectivity index (χ4v) is 1.64. The summed E-state index contributed by atoms with van der Waals surface area (Å²) in [7, 11) is 0. The largest absolute Gasteiger partial charge is 0.399 e. The summed E-state index contributed by atoms with van der Waals surface area (Å²) in [5.74, 6) is 0. The van der Waals surface area contributed by atoms with Crippen LogP contribution in [0.3, 0.4) is 0 Å². The highest BCUT2D eigenvalue weighted by atomic mass is 35.5. The van der Waals surface area contributed by atoms with E-state index < -0.39 is 5.41 Å². The number of allylic oxidation sites excluding steroid dienone is 1. The molecule has 0 saturated heterocycles. The van der Waals surface area contributed by atoms with Gasteiger partial charge >= 0.3 is 0 Å². The summed E-state index contributed by atoms with van der Waals surface area (Å²) >= 11 is 5.62. The summed E-state index contributed by atoms with van der Waals surface area (Å²) in [6, 6.07) is 7.16. The zero-order chi connectivity index (χ0) is 11.5. The molecule has 0 saturated carbocycles. The van der Waals surface area contributed by atoms with E-state index in [1.807, 2.05) is 12.1 Å². The Balaban J connectivity index is 3.14. The minimum absolute atomic E-state index is 0.382. The van der Waals surface area contributed by atoms with Gasteiger partial charge in [0.05, 0.1) is 5.41 Å². The van der Waals surface area contributed by atoms with Crippen molar-refractivity contribution in [2.75, 3.05) is 5.73 Å². The van der Waals surface area contributed by atoms with Crippen LogP contribution in [0.15, 0.2) is 36.9 Å². The number of carbonyl (C=O) groups excluding carboxylic acids is 1. The molecule has 1 rings (SSSR count). The van der Waals surface area contributed by atoms with Crippen molar-refractivity contribution in [3.8, 4) is 0 Å². The van der Waals surface area contributed by atoms with Crippen LogP contribution in [0, 0.1) is 0 Å². The van der Waals surface area contributed by atoms with E-state index >= 15 is 0 Å². The van der Waals surface area contributed by atoms with E-state index in [4.69, 9.17) is 17.3 Å². The van der Waals surface area contributed by atoms with Crippen molar-refractivity contribution in [1.29, 1.82) is 0 Å². The average molecular weight is 224 g/mol. The quantitative estimate of drug-likeness (QED) is 0.485. The number of nitrogens with two attached hydrogens (primary N) is 1. The molecule has 0 aliphatic carbocycles. The fraction of sp³-hybridized carbons (Fsp3) is 0.250. The van der Waals surface area contributed by atoms with Crippen molar-refractivity contribution in [2.24, 2.45) is 0 Å². The van der Waals surface area contributed by atoms with Crippen LogP contribution in [0.1, 0.15) is 18.9 Å². The molecular formula is C12H14ClNO. The lowest BCUT2D eigenvalue weighted by Gasteiger charge is -2.24. The molecule has 0 aromatic heterocycles. The summed E-state index contributed by atoms with van der Waals surface area (Å²) in [4.78, 5) is 11.4. The van der Waals surface area contributed by atoms with Crippen molar-refractivity contribution in [3.05, 3.63) is 42.5 Å². The van der Waals surface area contributed by atoms with Crippen LogP contribution in [0.5, 0.6) is 0 Å². The number of nitrogen functional groups attached to an aromatic ring is 1. The molecule has 2 nitrogen and oxygen atoms in total. The standard InChI is InChI=1S/C12H14ClNO/c1-3-8-12(2,11(13)15)9-4-6-10(14)7-5-9/h3-7H,1,8,14H2,2H3. The van der Waals surface area contributed by atoms with Crippen molar-refractivity contribution in [3.63, 3.8) is 0 Å². The van der Waals surface area contributed by atoms with Gasteiger partial charge in [0, 0.05) is 5.69 Å². The number of halogens is 1. The summed E-state index contributed by atoms with van der Waals surface area (Å²) in [6.07, 6.45) is 2.20. The second kappa shape index (κ2) is 4.49. The molecule has 1 unspecified atom stereocenters. The summed E-state index contributed by atoms with van der Waals surface area (Å²) in [6.45, 7) is 5.44. The molecule has 1 aromatic rings. The van der Waals surface area contributed by atoms with Crippen LogP contribution in [-0.4, -0.2) is 5.24 Å². The number of anilines is 1. The predicted molar refractivity (Wildman–Crippen MR) is 63.9 cm³/mol. The number of hydrogen-bond donors (Lipinski definition) is 1. The molecule has 0 aliphatic heterocycles. The van der Waals surface area contributed by atoms with Gasteiger partial charge in [0.25, 0.3) is 0 Å². The van der Waals surface area contributed by atoms with Gasteiger partial charge in [-0.05, 0) is 42.6 Å². The predicted octanol–water partition coefficient (Wildman–Crippen LogP) is 2.87. The second-order valence-corrected chi connectivity index (χ2v) is 4.06. The third-order valence-electron chi connectivity index (χ3n) is 2.53. The number of hydrogen-bond acceptors (Lipinski definition) is 2. The van der Waals surface area contributed by atoms with Crippen LogP contribution in [0.4, 0.5) is 5.69 Å². The van der Waals surface area contributed by atoms with Crippen molar-refractivity contribution < 1.29 is 4.79 Å². The molecule has 0 fully saturated rings. The number of benzene rings is 1. The maximum Gasteiger partial charge on any atom is 0.232 e. The van der Waals surface area contributed by atoms with Gasteiger partial charge in [0.1, 0.15) is 0 Å².